The van der Waals surface area contributed by atoms with Crippen molar-refractivity contribution < 1.29 is 42.9 Å². The van der Waals surface area contributed by atoms with Crippen LogP contribution in [-0.4, -0.2) is 87.4 Å². The van der Waals surface area contributed by atoms with Crippen molar-refractivity contribution in [1.29, 1.82) is 0 Å². The molecule has 0 fully saturated rings. The number of carbonyl (C=O) groups is 3. The van der Waals surface area contributed by atoms with Crippen LogP contribution in [0, 0.1) is 0 Å². The second-order valence-electron chi connectivity index (χ2n) is 28.7. The van der Waals surface area contributed by atoms with Crippen molar-refractivity contribution in [3.8, 4) is 0 Å². The summed E-state index contributed by atoms with van der Waals surface area (Å²) < 4.78 is 23.1. The molecule has 0 aliphatic rings. The third-order valence-electron chi connectivity index (χ3n) is 18.3. The van der Waals surface area contributed by atoms with E-state index in [0.717, 1.165) is 64.2 Å². The van der Waals surface area contributed by atoms with Crippen LogP contribution in [0.4, 0.5) is 0 Å². The van der Waals surface area contributed by atoms with Gasteiger partial charge in [-0.3, -0.25) is 9.59 Å². The van der Waals surface area contributed by atoms with Gasteiger partial charge in [0.15, 0.2) is 6.10 Å². The van der Waals surface area contributed by atoms with Gasteiger partial charge < -0.3 is 28.5 Å². The van der Waals surface area contributed by atoms with Crippen LogP contribution in [-0.2, 0) is 33.3 Å². The molecule has 2 atom stereocenters. The van der Waals surface area contributed by atoms with Gasteiger partial charge in [0, 0.05) is 12.8 Å². The molecule has 93 heavy (non-hydrogen) atoms. The molecular weight excluding hydrogens is 1150 g/mol. The molecule has 0 radical (unpaired) electrons. The molecule has 0 heterocycles. The number of aliphatic carboxylic acids is 1. The topological polar surface area (TPSA) is 108 Å². The van der Waals surface area contributed by atoms with E-state index < -0.39 is 18.4 Å². The van der Waals surface area contributed by atoms with E-state index in [1.807, 2.05) is 21.1 Å². The fourth-order valence-electron chi connectivity index (χ4n) is 12.1. The molecule has 0 saturated heterocycles. The first-order valence-corrected chi connectivity index (χ1v) is 40.5. The predicted octanol–water partition coefficient (Wildman–Crippen LogP) is 25.8. The minimum Gasteiger partial charge on any atom is -0.477 e. The molecule has 544 valence electrons. The molecule has 0 amide bonds. The van der Waals surface area contributed by atoms with Crippen molar-refractivity contribution in [1.82, 2.24) is 0 Å². The Kier molecular flexibility index (Phi) is 72.4. The van der Waals surface area contributed by atoms with Gasteiger partial charge in [0.2, 0.25) is 0 Å². The molecule has 0 aromatic carbocycles. The number of carboxylic acids is 1. The van der Waals surface area contributed by atoms with E-state index in [1.165, 1.54) is 308 Å². The van der Waals surface area contributed by atoms with E-state index in [4.69, 9.17) is 18.9 Å². The normalized spacial score (nSPS) is 12.9. The molecule has 2 unspecified atom stereocenters. The molecule has 0 spiro atoms. The number of likely N-dealkylation sites (N-methyl/N-ethyl adjacent to an activating group) is 1. The monoisotopic (exact) mass is 1310 g/mol. The molecule has 0 saturated carbocycles. The summed E-state index contributed by atoms with van der Waals surface area (Å²) in [5.41, 5.74) is 0. The number of rotatable bonds is 76. The van der Waals surface area contributed by atoms with Crippen molar-refractivity contribution in [2.75, 3.05) is 47.5 Å². The average Bonchev–Trinajstić information content (AvgIpc) is 3.38. The summed E-state index contributed by atoms with van der Waals surface area (Å²) in [6.07, 6.45) is 96.7. The second-order valence-corrected chi connectivity index (χ2v) is 28.7. The zero-order chi connectivity index (χ0) is 67.5. The minimum absolute atomic E-state index is 0.176. The van der Waals surface area contributed by atoms with E-state index in [2.05, 4.69) is 74.6 Å². The third kappa shape index (κ3) is 76.2. The van der Waals surface area contributed by atoms with E-state index in [-0.39, 0.29) is 38.2 Å². The number of hydrogen-bond donors (Lipinski definition) is 1. The predicted molar refractivity (Wildman–Crippen MR) is 401 cm³/mol. The van der Waals surface area contributed by atoms with Gasteiger partial charge in [0.25, 0.3) is 6.29 Å². The Hall–Kier alpha value is -3.01. The van der Waals surface area contributed by atoms with Crippen molar-refractivity contribution in [3.05, 3.63) is 60.8 Å². The van der Waals surface area contributed by atoms with Gasteiger partial charge >= 0.3 is 17.9 Å². The first-order valence-electron chi connectivity index (χ1n) is 40.5. The number of unbranched alkanes of at least 4 members (excludes halogenated alkanes) is 51. The van der Waals surface area contributed by atoms with Crippen molar-refractivity contribution >= 4 is 17.9 Å². The van der Waals surface area contributed by atoms with E-state index in [9.17, 15) is 19.5 Å². The van der Waals surface area contributed by atoms with E-state index in [1.54, 1.807) is 0 Å². The maximum Gasteiger partial charge on any atom is 0.361 e. The lowest BCUT2D eigenvalue weighted by Gasteiger charge is -2.25. The zero-order valence-electron chi connectivity index (χ0n) is 62.4. The molecular formula is C84H156NO8+. The van der Waals surface area contributed by atoms with Crippen molar-refractivity contribution in [3.63, 3.8) is 0 Å². The van der Waals surface area contributed by atoms with Gasteiger partial charge in [0.05, 0.1) is 34.4 Å². The average molecular weight is 1310 g/mol. The van der Waals surface area contributed by atoms with Crippen LogP contribution >= 0.6 is 0 Å². The summed E-state index contributed by atoms with van der Waals surface area (Å²) in [5, 5.41) is 9.77. The summed E-state index contributed by atoms with van der Waals surface area (Å²) in [7, 11) is 6.00. The summed E-state index contributed by atoms with van der Waals surface area (Å²) in [6.45, 7) is 4.84. The molecule has 9 nitrogen and oxygen atoms in total. The number of hydrogen-bond acceptors (Lipinski definition) is 7. The Morgan fingerprint density at radius 1 is 0.333 bits per heavy atom. The number of esters is 2. The Morgan fingerprint density at radius 2 is 0.613 bits per heavy atom. The van der Waals surface area contributed by atoms with E-state index in [0.29, 0.717) is 17.4 Å². The Morgan fingerprint density at radius 3 is 0.925 bits per heavy atom. The second kappa shape index (κ2) is 74.8. The first kappa shape index (κ1) is 90.0. The summed E-state index contributed by atoms with van der Waals surface area (Å²) in [5.74, 6) is -1.97. The standard InChI is InChI=1S/C84H155NO8/c1-6-8-10-12-14-16-18-20-22-24-26-28-30-32-34-35-36-37-38-39-40-41-42-43-44-45-46-47-49-51-53-55-57-59-61-63-65-67-69-71-73-75-82(87)93-80(79-92-84(83(88)89)90-77-76-85(3,4)5)78-91-81(86)74-72-70-68-66-64-62-60-58-56-54-52-50-48-33-31-29-27-25-23-21-19-17-15-13-11-9-7-2/h8,10,14,16,20,22,25-28,80,84H,6-7,9,11-13,15,17-19,21,23-24,29-79H2,1-5H3/p+1/b10-8-,16-14-,22-20-,27-25-,28-26-. The van der Waals surface area contributed by atoms with Crippen LogP contribution in [0.1, 0.15) is 399 Å². The maximum absolute atomic E-state index is 13.0. The van der Waals surface area contributed by atoms with Crippen LogP contribution in [0.25, 0.3) is 0 Å². The first-order chi connectivity index (χ1) is 45.6. The quantitative estimate of drug-likeness (QED) is 0.0211. The van der Waals surface area contributed by atoms with Gasteiger partial charge in [-0.15, -0.1) is 0 Å². The van der Waals surface area contributed by atoms with Gasteiger partial charge in [-0.25, -0.2) is 4.79 Å². The lowest BCUT2D eigenvalue weighted by atomic mass is 10.0. The van der Waals surface area contributed by atoms with E-state index >= 15 is 0 Å². The van der Waals surface area contributed by atoms with Crippen LogP contribution in [0.15, 0.2) is 60.8 Å². The highest BCUT2D eigenvalue weighted by Crippen LogP contribution is 2.20. The van der Waals surface area contributed by atoms with Gasteiger partial charge in [-0.05, 0) is 77.0 Å². The van der Waals surface area contributed by atoms with Gasteiger partial charge in [-0.1, -0.05) is 370 Å². The maximum atomic E-state index is 13.0. The van der Waals surface area contributed by atoms with Crippen LogP contribution in [0.2, 0.25) is 0 Å². The molecule has 9 heteroatoms. The zero-order valence-corrected chi connectivity index (χ0v) is 62.4. The van der Waals surface area contributed by atoms with Crippen molar-refractivity contribution in [2.24, 2.45) is 0 Å². The fourth-order valence-corrected chi connectivity index (χ4v) is 12.1. The lowest BCUT2D eigenvalue weighted by Crippen LogP contribution is -2.40. The third-order valence-corrected chi connectivity index (χ3v) is 18.3. The van der Waals surface area contributed by atoms with Gasteiger partial charge in [0.1, 0.15) is 13.2 Å². The van der Waals surface area contributed by atoms with Crippen LogP contribution in [0.3, 0.4) is 0 Å². The summed E-state index contributed by atoms with van der Waals surface area (Å²) >= 11 is 0. The summed E-state index contributed by atoms with van der Waals surface area (Å²) in [4.78, 5) is 37.7. The molecule has 0 aromatic heterocycles. The highest BCUT2D eigenvalue weighted by molar-refractivity contribution is 5.71. The molecule has 0 aliphatic heterocycles. The van der Waals surface area contributed by atoms with Crippen LogP contribution in [0.5, 0.6) is 0 Å². The largest absolute Gasteiger partial charge is 0.477 e. The number of nitrogens with zero attached hydrogens (tertiary/aromatic N) is 1. The Labute approximate surface area is 577 Å². The number of carbonyl (C=O) groups excluding carboxylic acids is 2. The molecule has 1 N–H and O–H groups in total. The number of quaternary nitrogens is 1. The number of carboxylic acid groups (broad SMARTS) is 1. The summed E-state index contributed by atoms with van der Waals surface area (Å²) in [6, 6.07) is 0. The number of ether oxygens (including phenoxy) is 4. The Bertz CT molecular complexity index is 1710. The van der Waals surface area contributed by atoms with Crippen LogP contribution < -0.4 is 0 Å². The molecule has 0 aromatic rings. The highest BCUT2D eigenvalue weighted by atomic mass is 16.7. The lowest BCUT2D eigenvalue weighted by molar-refractivity contribution is -0.870. The SMILES string of the molecule is CC/C=C\C/C=C\C/C=C\C/C=C\CCCCCCCCCCCCCCCCCCCCCCCCCCCCCCC(=O)OC(COC(=O)CCCCCCCCCCCCCCCCC/C=C\CCCCCCCCCC)COC(OCC[N+](C)(C)C)C(=O)O. The minimum atomic E-state index is -1.51. The molecule has 0 aliphatic carbocycles. The smallest absolute Gasteiger partial charge is 0.361 e. The van der Waals surface area contributed by atoms with Gasteiger partial charge in [-0.2, -0.15) is 0 Å². The fraction of sp³-hybridized carbons (Fsp3) is 0.845. The molecule has 0 bridgehead atoms. The highest BCUT2D eigenvalue weighted by Gasteiger charge is 2.25. The van der Waals surface area contributed by atoms with Crippen molar-refractivity contribution in [2.45, 2.75) is 411 Å². The Balaban J connectivity index is 3.93. The molecule has 0 rings (SSSR count). The number of allylic oxidation sites excluding steroid dienone is 10.